The lowest BCUT2D eigenvalue weighted by molar-refractivity contribution is 0.154. The van der Waals surface area contributed by atoms with Crippen LogP contribution < -0.4 is 4.90 Å². The summed E-state index contributed by atoms with van der Waals surface area (Å²) in [5.41, 5.74) is 2.23. The van der Waals surface area contributed by atoms with Crippen molar-refractivity contribution in [3.8, 4) is 0 Å². The number of hydrogen-bond acceptors (Lipinski definition) is 3. The molecule has 0 aliphatic heterocycles. The van der Waals surface area contributed by atoms with E-state index >= 15 is 0 Å². The zero-order valence-electron chi connectivity index (χ0n) is 11.6. The summed E-state index contributed by atoms with van der Waals surface area (Å²) in [6, 6.07) is 4.15. The summed E-state index contributed by atoms with van der Waals surface area (Å²) in [5, 5.41) is 0. The molecule has 4 heteroatoms. The van der Waals surface area contributed by atoms with Crippen LogP contribution in [-0.2, 0) is 17.0 Å². The summed E-state index contributed by atoms with van der Waals surface area (Å²) >= 11 is 5.93. The summed E-state index contributed by atoms with van der Waals surface area (Å²) in [6.07, 6.45) is 0.931. The highest BCUT2D eigenvalue weighted by atomic mass is 35.5. The monoisotopic (exact) mass is 270 g/mol. The van der Waals surface area contributed by atoms with Gasteiger partial charge >= 0.3 is 0 Å². The lowest BCUT2D eigenvalue weighted by Crippen LogP contribution is -2.28. The van der Waals surface area contributed by atoms with Crippen LogP contribution in [0.1, 0.15) is 32.0 Å². The Labute approximate surface area is 115 Å². The standard InChI is InChI=1S/C14H23ClN2O/c1-4-13-9-12(11-15)10-14(16-13)17(5-2)7-8-18-6-3/h9-10H,4-8,11H2,1-3H3. The molecule has 0 spiro atoms. The Morgan fingerprint density at radius 2 is 2.06 bits per heavy atom. The SMILES string of the molecule is CCOCCN(CC)c1cc(CCl)cc(CC)n1. The van der Waals surface area contributed by atoms with E-state index < -0.39 is 0 Å². The Balaban J connectivity index is 2.83. The largest absolute Gasteiger partial charge is 0.380 e. The van der Waals surface area contributed by atoms with E-state index in [9.17, 15) is 0 Å². The molecular weight excluding hydrogens is 248 g/mol. The highest BCUT2D eigenvalue weighted by molar-refractivity contribution is 6.17. The van der Waals surface area contributed by atoms with Gasteiger partial charge in [-0.3, -0.25) is 0 Å². The normalized spacial score (nSPS) is 10.7. The summed E-state index contributed by atoms with van der Waals surface area (Å²) in [5.74, 6) is 1.54. The number of anilines is 1. The number of aromatic nitrogens is 1. The third-order valence-electron chi connectivity index (χ3n) is 2.86. The fourth-order valence-electron chi connectivity index (χ4n) is 1.81. The average Bonchev–Trinajstić information content (AvgIpc) is 2.43. The zero-order chi connectivity index (χ0) is 13.4. The summed E-state index contributed by atoms with van der Waals surface area (Å²) in [6.45, 7) is 9.54. The smallest absolute Gasteiger partial charge is 0.129 e. The van der Waals surface area contributed by atoms with E-state index in [-0.39, 0.29) is 0 Å². The van der Waals surface area contributed by atoms with E-state index in [1.54, 1.807) is 0 Å². The second kappa shape index (κ2) is 8.33. The van der Waals surface area contributed by atoms with Crippen LogP contribution in [0.2, 0.25) is 0 Å². The Hall–Kier alpha value is -0.800. The van der Waals surface area contributed by atoms with Crippen LogP contribution in [0.15, 0.2) is 12.1 Å². The zero-order valence-corrected chi connectivity index (χ0v) is 12.3. The summed E-state index contributed by atoms with van der Waals surface area (Å²) in [7, 11) is 0. The molecule has 102 valence electrons. The molecule has 1 rings (SSSR count). The molecule has 0 saturated heterocycles. The van der Waals surface area contributed by atoms with Crippen LogP contribution >= 0.6 is 11.6 Å². The van der Waals surface area contributed by atoms with E-state index in [1.165, 1.54) is 0 Å². The maximum absolute atomic E-state index is 5.93. The van der Waals surface area contributed by atoms with Crippen LogP contribution in [0, 0.1) is 0 Å². The first-order valence-corrected chi connectivity index (χ1v) is 7.17. The van der Waals surface area contributed by atoms with Crippen LogP contribution in [0.3, 0.4) is 0 Å². The van der Waals surface area contributed by atoms with Crippen molar-refractivity contribution in [3.05, 3.63) is 23.4 Å². The molecule has 0 aromatic carbocycles. The molecule has 0 aliphatic carbocycles. The summed E-state index contributed by atoms with van der Waals surface area (Å²) < 4.78 is 5.40. The van der Waals surface area contributed by atoms with E-state index in [1.807, 2.05) is 6.92 Å². The van der Waals surface area contributed by atoms with Gasteiger partial charge in [-0.1, -0.05) is 6.92 Å². The molecule has 0 aliphatic rings. The van der Waals surface area contributed by atoms with Crippen molar-refractivity contribution >= 4 is 17.4 Å². The van der Waals surface area contributed by atoms with Crippen LogP contribution in [0.5, 0.6) is 0 Å². The first-order chi connectivity index (χ1) is 8.74. The highest BCUT2D eigenvalue weighted by Crippen LogP contribution is 2.17. The van der Waals surface area contributed by atoms with Gasteiger partial charge in [0.25, 0.3) is 0 Å². The first-order valence-electron chi connectivity index (χ1n) is 6.63. The number of alkyl halides is 1. The van der Waals surface area contributed by atoms with Gasteiger partial charge in [0.05, 0.1) is 6.61 Å². The van der Waals surface area contributed by atoms with Crippen molar-refractivity contribution in [2.24, 2.45) is 0 Å². The summed E-state index contributed by atoms with van der Waals surface area (Å²) in [4.78, 5) is 6.89. The quantitative estimate of drug-likeness (QED) is 0.536. The fourth-order valence-corrected chi connectivity index (χ4v) is 1.96. The van der Waals surface area contributed by atoms with Crippen LogP contribution in [0.4, 0.5) is 5.82 Å². The molecule has 0 fully saturated rings. The minimum atomic E-state index is 0.533. The van der Waals surface area contributed by atoms with E-state index in [2.05, 4.69) is 35.9 Å². The van der Waals surface area contributed by atoms with Gasteiger partial charge in [0, 0.05) is 31.3 Å². The lowest BCUT2D eigenvalue weighted by Gasteiger charge is -2.23. The molecule has 18 heavy (non-hydrogen) atoms. The molecule has 0 radical (unpaired) electrons. The number of aryl methyl sites for hydroxylation is 1. The van der Waals surface area contributed by atoms with Gasteiger partial charge in [-0.2, -0.15) is 0 Å². The van der Waals surface area contributed by atoms with Crippen molar-refractivity contribution in [3.63, 3.8) is 0 Å². The van der Waals surface area contributed by atoms with E-state index in [0.717, 1.165) is 49.8 Å². The Morgan fingerprint density at radius 3 is 2.61 bits per heavy atom. The molecule has 0 amide bonds. The number of likely N-dealkylation sites (N-methyl/N-ethyl adjacent to an activating group) is 1. The number of ether oxygens (including phenoxy) is 1. The molecule has 3 nitrogen and oxygen atoms in total. The number of pyridine rings is 1. The molecule has 0 saturated carbocycles. The van der Waals surface area contributed by atoms with Gasteiger partial charge < -0.3 is 9.64 Å². The topological polar surface area (TPSA) is 25.4 Å². The van der Waals surface area contributed by atoms with Crippen LogP contribution in [-0.4, -0.2) is 31.3 Å². The molecule has 1 aromatic rings. The minimum Gasteiger partial charge on any atom is -0.380 e. The molecule has 0 unspecified atom stereocenters. The molecule has 0 N–H and O–H groups in total. The molecule has 1 aromatic heterocycles. The van der Waals surface area contributed by atoms with Crippen molar-refractivity contribution in [1.29, 1.82) is 0 Å². The second-order valence-electron chi connectivity index (χ2n) is 4.09. The molecular formula is C14H23ClN2O. The Kier molecular flexibility index (Phi) is 7.06. The number of nitrogens with zero attached hydrogens (tertiary/aromatic N) is 2. The second-order valence-corrected chi connectivity index (χ2v) is 4.36. The van der Waals surface area contributed by atoms with Crippen molar-refractivity contribution in [1.82, 2.24) is 4.98 Å². The molecule has 0 bridgehead atoms. The Bertz CT molecular complexity index is 335. The third kappa shape index (κ3) is 4.46. The van der Waals surface area contributed by atoms with Gasteiger partial charge in [0.1, 0.15) is 5.82 Å². The van der Waals surface area contributed by atoms with Gasteiger partial charge in [-0.25, -0.2) is 4.98 Å². The maximum atomic E-state index is 5.93. The van der Waals surface area contributed by atoms with Gasteiger partial charge in [-0.05, 0) is 38.0 Å². The number of hydrogen-bond donors (Lipinski definition) is 0. The molecule has 0 atom stereocenters. The first kappa shape index (κ1) is 15.3. The maximum Gasteiger partial charge on any atom is 0.129 e. The van der Waals surface area contributed by atoms with Crippen molar-refractivity contribution < 1.29 is 4.74 Å². The third-order valence-corrected chi connectivity index (χ3v) is 3.17. The van der Waals surface area contributed by atoms with Crippen molar-refractivity contribution in [2.75, 3.05) is 31.2 Å². The van der Waals surface area contributed by atoms with Gasteiger partial charge in [0.15, 0.2) is 0 Å². The minimum absolute atomic E-state index is 0.533. The number of halogens is 1. The Morgan fingerprint density at radius 1 is 1.28 bits per heavy atom. The van der Waals surface area contributed by atoms with Gasteiger partial charge in [0.2, 0.25) is 0 Å². The fraction of sp³-hybridized carbons (Fsp3) is 0.643. The molecule has 1 heterocycles. The van der Waals surface area contributed by atoms with E-state index in [4.69, 9.17) is 16.3 Å². The predicted octanol–water partition coefficient (Wildman–Crippen LogP) is 3.25. The predicted molar refractivity (Wildman–Crippen MR) is 77.6 cm³/mol. The van der Waals surface area contributed by atoms with E-state index in [0.29, 0.717) is 5.88 Å². The van der Waals surface area contributed by atoms with Crippen molar-refractivity contribution in [2.45, 2.75) is 33.1 Å². The highest BCUT2D eigenvalue weighted by Gasteiger charge is 2.08. The van der Waals surface area contributed by atoms with Gasteiger partial charge in [-0.15, -0.1) is 11.6 Å². The average molecular weight is 271 g/mol. The lowest BCUT2D eigenvalue weighted by atomic mass is 10.2. The number of rotatable bonds is 8. The van der Waals surface area contributed by atoms with Crippen LogP contribution in [0.25, 0.3) is 0 Å².